The molecule has 15 nitrogen and oxygen atoms in total. The third-order valence-corrected chi connectivity index (χ3v) is 11.6. The van der Waals surface area contributed by atoms with Gasteiger partial charge in [0.15, 0.2) is 30.9 Å². The molecule has 3 saturated heterocycles. The largest absolute Gasteiger partial charge is 0.469 e. The van der Waals surface area contributed by atoms with E-state index in [1.165, 1.54) is 39.9 Å². The summed E-state index contributed by atoms with van der Waals surface area (Å²) >= 11 is 0. The van der Waals surface area contributed by atoms with Crippen LogP contribution >= 0.6 is 0 Å². The lowest BCUT2D eigenvalue weighted by Crippen LogP contribution is -2.58. The Morgan fingerprint density at radius 2 is 1.11 bits per heavy atom. The number of hydrogen-bond acceptors (Lipinski definition) is 15. The molecular formula is C46H74O15. The van der Waals surface area contributed by atoms with Crippen LogP contribution in [0.25, 0.3) is 0 Å². The van der Waals surface area contributed by atoms with Crippen LogP contribution in [0.3, 0.4) is 0 Å². The number of esters is 5. The first-order valence-electron chi connectivity index (χ1n) is 21.7. The smallest absolute Gasteiger partial charge is 0.311 e. The highest BCUT2D eigenvalue weighted by atomic mass is 16.8. The van der Waals surface area contributed by atoms with E-state index in [0.29, 0.717) is 18.9 Å². The average molecular weight is 867 g/mol. The first-order chi connectivity index (χ1) is 28.7. The molecule has 13 atom stereocenters. The Morgan fingerprint density at radius 3 is 1.52 bits per heavy atom. The van der Waals surface area contributed by atoms with Crippen LogP contribution in [-0.4, -0.2) is 106 Å². The predicted molar refractivity (Wildman–Crippen MR) is 225 cm³/mol. The Morgan fingerprint density at radius 1 is 0.672 bits per heavy atom. The molecular weight excluding hydrogens is 792 g/mol. The maximum atomic E-state index is 12.1. The Labute approximate surface area is 363 Å². The van der Waals surface area contributed by atoms with E-state index in [-0.39, 0.29) is 42.9 Å². The maximum Gasteiger partial charge on any atom is 0.311 e. The van der Waals surface area contributed by atoms with Crippen LogP contribution in [-0.2, 0) is 71.3 Å². The van der Waals surface area contributed by atoms with Gasteiger partial charge in [0.1, 0.15) is 0 Å². The molecule has 61 heavy (non-hydrogen) atoms. The van der Waals surface area contributed by atoms with Crippen LogP contribution < -0.4 is 0 Å². The van der Waals surface area contributed by atoms with E-state index in [0.717, 1.165) is 6.42 Å². The summed E-state index contributed by atoms with van der Waals surface area (Å²) in [6.45, 7) is 24.1. The van der Waals surface area contributed by atoms with Gasteiger partial charge in [0.2, 0.25) is 6.29 Å². The van der Waals surface area contributed by atoms with Crippen molar-refractivity contribution in [3.8, 4) is 0 Å². The number of ether oxygens (including phenoxy) is 10. The van der Waals surface area contributed by atoms with Crippen molar-refractivity contribution in [3.63, 3.8) is 0 Å². The number of methoxy groups -OCH3 is 1. The summed E-state index contributed by atoms with van der Waals surface area (Å²) in [7, 11) is 1.42. The Bertz CT molecular complexity index is 1500. The minimum absolute atomic E-state index is 0.00385. The van der Waals surface area contributed by atoms with Crippen molar-refractivity contribution < 1.29 is 71.3 Å². The molecule has 0 radical (unpaired) electrons. The van der Waals surface area contributed by atoms with Gasteiger partial charge in [0.05, 0.1) is 44.6 Å². The van der Waals surface area contributed by atoms with Crippen molar-refractivity contribution in [2.45, 2.75) is 171 Å². The van der Waals surface area contributed by atoms with E-state index in [1.54, 1.807) is 6.92 Å². The van der Waals surface area contributed by atoms with Gasteiger partial charge in [0.25, 0.3) is 0 Å². The quantitative estimate of drug-likeness (QED) is 0.134. The van der Waals surface area contributed by atoms with Crippen molar-refractivity contribution in [1.29, 1.82) is 0 Å². The van der Waals surface area contributed by atoms with E-state index in [1.807, 2.05) is 48.5 Å². The highest BCUT2D eigenvalue weighted by Gasteiger charge is 2.49. The zero-order valence-electron chi connectivity index (χ0n) is 39.0. The zero-order valence-corrected chi connectivity index (χ0v) is 39.0. The fourth-order valence-electron chi connectivity index (χ4n) is 6.76. The molecule has 0 spiro atoms. The Balaban J connectivity index is 0.000000551. The van der Waals surface area contributed by atoms with E-state index in [9.17, 15) is 24.0 Å². The van der Waals surface area contributed by atoms with Crippen LogP contribution in [0.2, 0.25) is 0 Å². The van der Waals surface area contributed by atoms with E-state index < -0.39 is 85.1 Å². The lowest BCUT2D eigenvalue weighted by atomic mass is 9.88. The normalized spacial score (nSPS) is 30.4. The number of rotatable bonds is 14. The van der Waals surface area contributed by atoms with Gasteiger partial charge in [-0.15, -0.1) is 0 Å². The fourth-order valence-corrected chi connectivity index (χ4v) is 6.76. The standard InChI is InChI=1S/C29H46O13.C10H14.C7H14O2/c1-9-10-23(33)42-29-26(39-20(8)32)17(5)22(13-36-29)41-28-25(38-19(7)31)16(4)21(12-35-28)40-27-24(37-18(6)30)15(3)14(2)11-34-27;1-3-9(2)10-7-5-4-6-8-10;1-5-7(2,3)6(8)9-4/h14-17,21-22,24-29H,9-13H2,1-8H3;4-9H,3H2,1-2H3;5H2,1-4H3. The van der Waals surface area contributed by atoms with Gasteiger partial charge in [-0.05, 0) is 50.5 Å². The molecule has 3 aliphatic heterocycles. The summed E-state index contributed by atoms with van der Waals surface area (Å²) in [5, 5.41) is 0. The topological polar surface area (TPSA) is 178 Å². The Kier molecular flexibility index (Phi) is 22.9. The zero-order chi connectivity index (χ0) is 46.0. The molecule has 348 valence electrons. The van der Waals surface area contributed by atoms with Crippen molar-refractivity contribution in [3.05, 3.63) is 35.9 Å². The lowest BCUT2D eigenvalue weighted by Gasteiger charge is -2.46. The third-order valence-electron chi connectivity index (χ3n) is 11.6. The SMILES string of the molecule is CCC(C)(C)C(=O)OC.CCC(C)c1ccccc1.CCCC(=O)OC1OCC(OC2OCC(OC3OCC(C)C(C)C3OC(C)=O)C(C)C2OC(C)=O)C(C)C1OC(C)=O. The third kappa shape index (κ3) is 16.9. The first-order valence-corrected chi connectivity index (χ1v) is 21.7. The van der Waals surface area contributed by atoms with Crippen molar-refractivity contribution >= 4 is 29.8 Å². The monoisotopic (exact) mass is 867 g/mol. The molecule has 0 aromatic heterocycles. The molecule has 4 rings (SSSR count). The van der Waals surface area contributed by atoms with Gasteiger partial charge in [-0.1, -0.05) is 85.7 Å². The highest BCUT2D eigenvalue weighted by molar-refractivity contribution is 5.75. The van der Waals surface area contributed by atoms with Crippen LogP contribution in [0.5, 0.6) is 0 Å². The number of carbonyl (C=O) groups is 5. The molecule has 1 aromatic rings. The molecule has 3 heterocycles. The molecule has 0 amide bonds. The van der Waals surface area contributed by atoms with Gasteiger partial charge < -0.3 is 47.4 Å². The van der Waals surface area contributed by atoms with Gasteiger partial charge in [-0.3, -0.25) is 24.0 Å². The minimum Gasteiger partial charge on any atom is -0.469 e. The van der Waals surface area contributed by atoms with Crippen LogP contribution in [0.4, 0.5) is 0 Å². The van der Waals surface area contributed by atoms with Gasteiger partial charge in [-0.2, -0.15) is 0 Å². The number of hydrogen-bond donors (Lipinski definition) is 0. The summed E-state index contributed by atoms with van der Waals surface area (Å²) in [4.78, 5) is 58.7. The van der Waals surface area contributed by atoms with Crippen molar-refractivity contribution in [1.82, 2.24) is 0 Å². The second kappa shape index (κ2) is 26.1. The molecule has 0 N–H and O–H groups in total. The second-order valence-corrected chi connectivity index (χ2v) is 16.9. The molecule has 3 aliphatic rings. The van der Waals surface area contributed by atoms with Crippen LogP contribution in [0, 0.1) is 29.1 Å². The summed E-state index contributed by atoms with van der Waals surface area (Å²) in [5.41, 5.74) is 1.14. The van der Waals surface area contributed by atoms with Crippen molar-refractivity contribution in [2.75, 3.05) is 26.9 Å². The van der Waals surface area contributed by atoms with Crippen molar-refractivity contribution in [2.24, 2.45) is 29.1 Å². The molecule has 3 fully saturated rings. The lowest BCUT2D eigenvalue weighted by molar-refractivity contribution is -0.333. The second-order valence-electron chi connectivity index (χ2n) is 16.9. The molecule has 13 unspecified atom stereocenters. The summed E-state index contributed by atoms with van der Waals surface area (Å²) < 4.78 is 56.9. The molecule has 0 saturated carbocycles. The summed E-state index contributed by atoms with van der Waals surface area (Å²) in [6.07, 6.45) is -3.68. The first kappa shape index (κ1) is 53.5. The highest BCUT2D eigenvalue weighted by Crippen LogP contribution is 2.36. The minimum atomic E-state index is -1.08. The number of benzene rings is 1. The van der Waals surface area contributed by atoms with E-state index in [4.69, 9.17) is 42.6 Å². The molecule has 15 heteroatoms. The summed E-state index contributed by atoms with van der Waals surface area (Å²) in [6, 6.07) is 10.6. The van der Waals surface area contributed by atoms with Gasteiger partial charge in [-0.25, -0.2) is 0 Å². The fraction of sp³-hybridized carbons (Fsp3) is 0.761. The average Bonchev–Trinajstić information content (AvgIpc) is 3.21. The maximum absolute atomic E-state index is 12.1. The van der Waals surface area contributed by atoms with E-state index >= 15 is 0 Å². The van der Waals surface area contributed by atoms with Gasteiger partial charge in [0, 0.05) is 44.9 Å². The van der Waals surface area contributed by atoms with Gasteiger partial charge >= 0.3 is 29.8 Å². The molecule has 0 bridgehead atoms. The predicted octanol–water partition coefficient (Wildman–Crippen LogP) is 7.30. The van der Waals surface area contributed by atoms with Crippen LogP contribution in [0.15, 0.2) is 30.3 Å². The van der Waals surface area contributed by atoms with Crippen LogP contribution in [0.1, 0.15) is 127 Å². The molecule has 1 aromatic carbocycles. The van der Waals surface area contributed by atoms with E-state index in [2.05, 4.69) is 48.9 Å². The number of carbonyl (C=O) groups excluding carboxylic acids is 5. The molecule has 0 aliphatic carbocycles. The summed E-state index contributed by atoms with van der Waals surface area (Å²) in [5.74, 6) is -2.13. The Hall–Kier alpha value is -3.63.